The molecule has 33 heavy (non-hydrogen) atoms. The van der Waals surface area contributed by atoms with Gasteiger partial charge >= 0.3 is 12.1 Å². The maximum Gasteiger partial charge on any atom is 0.490 e. The van der Waals surface area contributed by atoms with Crippen LogP contribution >= 0.6 is 0 Å². The van der Waals surface area contributed by atoms with E-state index in [1.807, 2.05) is 18.5 Å². The summed E-state index contributed by atoms with van der Waals surface area (Å²) in [7, 11) is 0. The molecule has 7 nitrogen and oxygen atoms in total. The molecular weight excluding hydrogens is 444 g/mol. The largest absolute Gasteiger partial charge is 0.490 e. The van der Waals surface area contributed by atoms with Crippen LogP contribution in [0, 0.1) is 5.82 Å². The Kier molecular flexibility index (Phi) is 6.73. The summed E-state index contributed by atoms with van der Waals surface area (Å²) in [6.45, 7) is 4.90. The lowest BCUT2D eigenvalue weighted by molar-refractivity contribution is -0.192. The molecule has 4 heterocycles. The van der Waals surface area contributed by atoms with Crippen LogP contribution in [0.15, 0.2) is 30.6 Å². The van der Waals surface area contributed by atoms with E-state index in [2.05, 4.69) is 19.8 Å². The van der Waals surface area contributed by atoms with Gasteiger partial charge < -0.3 is 19.7 Å². The molecule has 0 bridgehead atoms. The zero-order chi connectivity index (χ0) is 23.6. The number of halogens is 4. The Bertz CT molecular complexity index is 973. The minimum atomic E-state index is -5.08. The number of fused-ring (bicyclic) bond motifs is 1. The number of nitrogens with zero attached hydrogens (tertiary/aromatic N) is 3. The summed E-state index contributed by atoms with van der Waals surface area (Å²) in [5.41, 5.74) is 3.48. The minimum absolute atomic E-state index is 0.119. The molecule has 2 saturated heterocycles. The molecule has 0 amide bonds. The van der Waals surface area contributed by atoms with Gasteiger partial charge in [0.1, 0.15) is 5.82 Å². The highest BCUT2D eigenvalue weighted by Crippen LogP contribution is 2.33. The first-order valence-electron chi connectivity index (χ1n) is 10.9. The Hall–Kier alpha value is -2.50. The number of ether oxygens (including phenoxy) is 1. The molecule has 11 heteroatoms. The van der Waals surface area contributed by atoms with Crippen LogP contribution < -0.4 is 5.32 Å². The quantitative estimate of drug-likeness (QED) is 0.672. The van der Waals surface area contributed by atoms with Gasteiger partial charge in [0, 0.05) is 50.5 Å². The number of hydrogen-bond acceptors (Lipinski definition) is 5. The Labute approximate surface area is 188 Å². The number of rotatable bonds is 3. The van der Waals surface area contributed by atoms with Crippen molar-refractivity contribution in [3.8, 4) is 5.69 Å². The third-order valence-corrected chi connectivity index (χ3v) is 6.27. The zero-order valence-corrected chi connectivity index (χ0v) is 17.9. The standard InChI is InChI=1S/C20H25FN4O.C2HF3O2/c21-15-3-5-16(6-4-15)25-14-23-18-11-24(9-7-19(18)25)10-17-2-1-8-20(26-17)12-22-13-20;3-2(4,5)1(6)7/h3-6,14,17,22H,1-2,7-13H2;(H,6,7). The molecule has 2 N–H and O–H groups in total. The Balaban J connectivity index is 0.000000325. The first-order valence-corrected chi connectivity index (χ1v) is 10.9. The number of carboxylic acid groups (broad SMARTS) is 1. The van der Waals surface area contributed by atoms with Crippen molar-refractivity contribution >= 4 is 5.97 Å². The maximum atomic E-state index is 13.2. The van der Waals surface area contributed by atoms with Gasteiger partial charge in [-0.1, -0.05) is 0 Å². The first kappa shape index (κ1) is 23.7. The predicted octanol–water partition coefficient (Wildman–Crippen LogP) is 2.91. The molecular formula is C22H26F4N4O3. The highest BCUT2D eigenvalue weighted by molar-refractivity contribution is 5.73. The second-order valence-corrected chi connectivity index (χ2v) is 8.69. The molecule has 0 aliphatic carbocycles. The van der Waals surface area contributed by atoms with Crippen LogP contribution in [0.3, 0.4) is 0 Å². The van der Waals surface area contributed by atoms with Gasteiger partial charge in [0.2, 0.25) is 0 Å². The number of nitrogens with one attached hydrogen (secondary N) is 1. The summed E-state index contributed by atoms with van der Waals surface area (Å²) in [5.74, 6) is -2.96. The minimum Gasteiger partial charge on any atom is -0.475 e. The van der Waals surface area contributed by atoms with Gasteiger partial charge in [-0.2, -0.15) is 13.2 Å². The molecule has 1 aromatic heterocycles. The average molecular weight is 470 g/mol. The second kappa shape index (κ2) is 9.40. The number of aromatic nitrogens is 2. The molecule has 5 rings (SSSR count). The molecule has 3 aliphatic rings. The number of imidazole rings is 1. The SMILES string of the molecule is Fc1ccc(-n2cnc3c2CCN(CC2CCCC4(CNC4)O2)C3)cc1.O=C(O)C(F)(F)F. The van der Waals surface area contributed by atoms with E-state index in [1.165, 1.54) is 30.7 Å². The number of hydrogen-bond donors (Lipinski definition) is 2. The van der Waals surface area contributed by atoms with E-state index in [0.29, 0.717) is 6.10 Å². The van der Waals surface area contributed by atoms with Crippen molar-refractivity contribution in [2.45, 2.75) is 50.1 Å². The van der Waals surface area contributed by atoms with Crippen molar-refractivity contribution in [3.05, 3.63) is 47.8 Å². The van der Waals surface area contributed by atoms with Crippen molar-refractivity contribution in [1.82, 2.24) is 19.8 Å². The molecule has 2 aromatic rings. The summed E-state index contributed by atoms with van der Waals surface area (Å²) in [4.78, 5) is 16.0. The molecule has 1 atom stereocenters. The van der Waals surface area contributed by atoms with Crippen molar-refractivity contribution < 1.29 is 32.2 Å². The van der Waals surface area contributed by atoms with Crippen molar-refractivity contribution in [1.29, 1.82) is 0 Å². The Morgan fingerprint density at radius 1 is 1.27 bits per heavy atom. The van der Waals surface area contributed by atoms with Gasteiger partial charge in [0.15, 0.2) is 0 Å². The number of carboxylic acids is 1. The summed E-state index contributed by atoms with van der Waals surface area (Å²) in [5, 5.41) is 10.5. The molecule has 2 fully saturated rings. The third-order valence-electron chi connectivity index (χ3n) is 6.27. The monoisotopic (exact) mass is 470 g/mol. The predicted molar refractivity (Wildman–Crippen MR) is 111 cm³/mol. The summed E-state index contributed by atoms with van der Waals surface area (Å²) in [6.07, 6.45) is 1.72. The molecule has 1 unspecified atom stereocenters. The highest BCUT2D eigenvalue weighted by Gasteiger charge is 2.42. The van der Waals surface area contributed by atoms with Crippen LogP contribution in [-0.2, 0) is 22.5 Å². The highest BCUT2D eigenvalue weighted by atomic mass is 19.4. The van der Waals surface area contributed by atoms with E-state index in [1.54, 1.807) is 0 Å². The summed E-state index contributed by atoms with van der Waals surface area (Å²) in [6, 6.07) is 6.63. The molecule has 1 aromatic carbocycles. The van der Waals surface area contributed by atoms with E-state index in [9.17, 15) is 17.6 Å². The lowest BCUT2D eigenvalue weighted by Crippen LogP contribution is -2.64. The van der Waals surface area contributed by atoms with Crippen LogP contribution in [0.5, 0.6) is 0 Å². The third kappa shape index (κ3) is 5.53. The molecule has 1 spiro atoms. The van der Waals surface area contributed by atoms with Crippen LogP contribution in [0.4, 0.5) is 17.6 Å². The second-order valence-electron chi connectivity index (χ2n) is 8.69. The van der Waals surface area contributed by atoms with E-state index >= 15 is 0 Å². The lowest BCUT2D eigenvalue weighted by Gasteiger charge is -2.48. The zero-order valence-electron chi connectivity index (χ0n) is 17.9. The molecule has 180 valence electrons. The fraction of sp³-hybridized carbons (Fsp3) is 0.545. The van der Waals surface area contributed by atoms with Gasteiger partial charge in [-0.25, -0.2) is 14.2 Å². The van der Waals surface area contributed by atoms with Crippen LogP contribution in [0.2, 0.25) is 0 Å². The number of benzene rings is 1. The van der Waals surface area contributed by atoms with E-state index in [4.69, 9.17) is 14.6 Å². The molecule has 0 saturated carbocycles. The molecule has 0 radical (unpaired) electrons. The smallest absolute Gasteiger partial charge is 0.475 e. The van der Waals surface area contributed by atoms with Crippen LogP contribution in [0.25, 0.3) is 5.69 Å². The Morgan fingerprint density at radius 2 is 1.97 bits per heavy atom. The first-order chi connectivity index (χ1) is 15.7. The van der Waals surface area contributed by atoms with E-state index in [0.717, 1.165) is 56.9 Å². The topological polar surface area (TPSA) is 79.6 Å². The number of carbonyl (C=O) groups is 1. The normalized spacial score (nSPS) is 22.1. The fourth-order valence-electron chi connectivity index (χ4n) is 4.55. The fourth-order valence-corrected chi connectivity index (χ4v) is 4.55. The number of alkyl halides is 3. The van der Waals surface area contributed by atoms with Crippen LogP contribution in [-0.4, -0.2) is 69.6 Å². The average Bonchev–Trinajstić information content (AvgIpc) is 3.16. The van der Waals surface area contributed by atoms with Gasteiger partial charge in [-0.3, -0.25) is 4.90 Å². The van der Waals surface area contributed by atoms with Gasteiger partial charge in [0.05, 0.1) is 23.7 Å². The Morgan fingerprint density at radius 3 is 2.58 bits per heavy atom. The lowest BCUT2D eigenvalue weighted by atomic mass is 9.86. The summed E-state index contributed by atoms with van der Waals surface area (Å²) < 4.78 is 53.4. The molecule has 3 aliphatic heterocycles. The number of aliphatic carboxylic acids is 1. The van der Waals surface area contributed by atoms with Gasteiger partial charge in [-0.05, 0) is 43.5 Å². The summed E-state index contributed by atoms with van der Waals surface area (Å²) >= 11 is 0. The van der Waals surface area contributed by atoms with E-state index in [-0.39, 0.29) is 11.4 Å². The van der Waals surface area contributed by atoms with Crippen LogP contribution in [0.1, 0.15) is 30.7 Å². The van der Waals surface area contributed by atoms with Crippen molar-refractivity contribution in [2.75, 3.05) is 26.2 Å². The van der Waals surface area contributed by atoms with Gasteiger partial charge in [-0.15, -0.1) is 0 Å². The maximum absolute atomic E-state index is 13.2. The van der Waals surface area contributed by atoms with Crippen molar-refractivity contribution in [3.63, 3.8) is 0 Å². The van der Waals surface area contributed by atoms with Gasteiger partial charge in [0.25, 0.3) is 0 Å². The van der Waals surface area contributed by atoms with E-state index < -0.39 is 12.1 Å². The van der Waals surface area contributed by atoms with Crippen molar-refractivity contribution in [2.24, 2.45) is 0 Å².